The van der Waals surface area contributed by atoms with Gasteiger partial charge in [-0.2, -0.15) is 33.7 Å². The Morgan fingerprint density at radius 1 is 0.417 bits per heavy atom. The van der Waals surface area contributed by atoms with Crippen LogP contribution in [0.15, 0.2) is 89.6 Å². The molecule has 2 aliphatic heterocycles. The molecule has 7 aromatic heterocycles. The second-order valence-electron chi connectivity index (χ2n) is 13.0. The van der Waals surface area contributed by atoms with E-state index in [9.17, 15) is 51.9 Å². The van der Waals surface area contributed by atoms with Crippen LogP contribution in [0.4, 0.5) is 0 Å². The van der Waals surface area contributed by atoms with Crippen molar-refractivity contribution in [1.82, 2.24) is 19.9 Å². The molecule has 16 nitrogen and oxygen atoms in total. The number of fused-ring (bicyclic) bond motifs is 8. The second kappa shape index (κ2) is 14.3. The quantitative estimate of drug-likeness (QED) is 0.0779. The van der Waals surface area contributed by atoms with Gasteiger partial charge < -0.3 is 9.97 Å². The van der Waals surface area contributed by atoms with Crippen LogP contribution in [0.3, 0.4) is 0 Å². The maximum atomic E-state index is 12.2. The topological polar surface area (TPSA) is 275 Å². The lowest BCUT2D eigenvalue weighted by Gasteiger charge is -2.04. The largest absolute Gasteiger partial charge is 0.354 e. The summed E-state index contributed by atoms with van der Waals surface area (Å²) in [5.41, 5.74) is 4.41. The lowest BCUT2D eigenvalue weighted by atomic mass is 10.1. The van der Waals surface area contributed by atoms with Crippen LogP contribution in [0, 0.1) is 0 Å². The van der Waals surface area contributed by atoms with E-state index in [0.717, 1.165) is 45.3 Å². The number of nitrogens with one attached hydrogen (secondary N) is 2. The highest BCUT2D eigenvalue weighted by atomic mass is 32.3. The highest BCUT2D eigenvalue weighted by Gasteiger charge is 2.24. The Hall–Kier alpha value is -4.96. The summed E-state index contributed by atoms with van der Waals surface area (Å²) in [6, 6.07) is 13.3. The molecule has 0 fully saturated rings. The van der Waals surface area contributed by atoms with Gasteiger partial charge in [0.2, 0.25) is 0 Å². The second-order valence-corrected chi connectivity index (χ2v) is 22.7. The molecule has 0 aliphatic carbocycles. The average molecular weight is 959 g/mol. The molecule has 6 N–H and O–H groups in total. The van der Waals surface area contributed by atoms with Crippen molar-refractivity contribution in [2.24, 2.45) is 0 Å². The Labute approximate surface area is 355 Å². The molecule has 0 amide bonds. The molecule has 8 bridgehead atoms. The zero-order chi connectivity index (χ0) is 42.5. The molecule has 306 valence electrons. The highest BCUT2D eigenvalue weighted by molar-refractivity contribution is 7.88. The first-order valence-electron chi connectivity index (χ1n) is 16.7. The van der Waals surface area contributed by atoms with Crippen LogP contribution in [0.25, 0.3) is 88.1 Å². The first-order valence-corrected chi connectivity index (χ1v) is 25.9. The minimum absolute atomic E-state index is 0.314. The summed E-state index contributed by atoms with van der Waals surface area (Å²) in [6.45, 7) is 0. The SMILES string of the molecule is O=S(=O)(O)c1csc(-c2c3nc(c(-c4cc(S(=O)(=O)O)cs4)c4ccc([nH]4)c(-c4ccc(S(=O)(=O)O)s4)c4nc(c(-c5cc(S(=O)(=O)O)cs5)c5ccc2[nH]5)C=C4)C=C3)c1. The van der Waals surface area contributed by atoms with E-state index in [0.29, 0.717) is 86.6 Å². The molecule has 0 aromatic carbocycles. The number of thiophene rings is 4. The molecule has 0 atom stereocenters. The minimum Gasteiger partial charge on any atom is -0.354 e. The molecular formula is C36H22N4O12S8. The third-order valence-electron chi connectivity index (χ3n) is 9.19. The Morgan fingerprint density at radius 2 is 0.733 bits per heavy atom. The number of H-pyrrole nitrogens is 2. The first kappa shape index (κ1) is 40.4. The van der Waals surface area contributed by atoms with Crippen molar-refractivity contribution < 1.29 is 51.9 Å². The number of hydrogen-bond donors (Lipinski definition) is 6. The third-order valence-corrected chi connectivity index (χ3v) is 17.4. The van der Waals surface area contributed by atoms with Crippen LogP contribution in [-0.4, -0.2) is 71.8 Å². The van der Waals surface area contributed by atoms with Gasteiger partial charge in [-0.05, 0) is 78.9 Å². The molecule has 60 heavy (non-hydrogen) atoms. The lowest BCUT2D eigenvalue weighted by Crippen LogP contribution is -1.95. The number of aromatic nitrogens is 4. The van der Waals surface area contributed by atoms with Crippen molar-refractivity contribution in [3.05, 3.63) is 93.5 Å². The van der Waals surface area contributed by atoms with E-state index in [2.05, 4.69) is 9.97 Å². The molecule has 0 unspecified atom stereocenters. The van der Waals surface area contributed by atoms with Gasteiger partial charge in [0.1, 0.15) is 18.9 Å². The van der Waals surface area contributed by atoms with Crippen LogP contribution < -0.4 is 0 Å². The van der Waals surface area contributed by atoms with Crippen LogP contribution in [0.1, 0.15) is 22.8 Å². The summed E-state index contributed by atoms with van der Waals surface area (Å²) in [4.78, 5) is 17.0. The van der Waals surface area contributed by atoms with Crippen molar-refractivity contribution in [1.29, 1.82) is 0 Å². The minimum atomic E-state index is -4.61. The molecule has 7 aromatic rings. The van der Waals surface area contributed by atoms with Gasteiger partial charge in [0.15, 0.2) is 0 Å². The number of nitrogens with zero attached hydrogens (tertiary/aromatic N) is 2. The van der Waals surface area contributed by atoms with Gasteiger partial charge in [-0.15, -0.1) is 45.3 Å². The molecule has 0 saturated carbocycles. The van der Waals surface area contributed by atoms with Gasteiger partial charge in [-0.3, -0.25) is 18.2 Å². The Morgan fingerprint density at radius 3 is 1.00 bits per heavy atom. The van der Waals surface area contributed by atoms with E-state index in [1.54, 1.807) is 48.6 Å². The van der Waals surface area contributed by atoms with Crippen LogP contribution in [-0.2, 0) is 40.5 Å². The lowest BCUT2D eigenvalue weighted by molar-refractivity contribution is 0.481. The molecule has 9 rings (SSSR count). The van der Waals surface area contributed by atoms with Crippen molar-refractivity contribution in [3.8, 4) is 41.8 Å². The number of rotatable bonds is 8. The fraction of sp³-hybridized carbons (Fsp3) is 0. The summed E-state index contributed by atoms with van der Waals surface area (Å²) in [6.07, 6.45) is 6.63. The Bertz CT molecular complexity index is 3210. The smallest absolute Gasteiger partial charge is 0.304 e. The predicted molar refractivity (Wildman–Crippen MR) is 231 cm³/mol. The summed E-state index contributed by atoms with van der Waals surface area (Å²) < 4.78 is 137. The van der Waals surface area contributed by atoms with Crippen molar-refractivity contribution >= 4 is 132 Å². The maximum absolute atomic E-state index is 12.2. The fourth-order valence-corrected chi connectivity index (χ4v) is 13.8. The van der Waals surface area contributed by atoms with E-state index < -0.39 is 40.5 Å². The maximum Gasteiger partial charge on any atom is 0.304 e. The third kappa shape index (κ3) is 7.43. The monoisotopic (exact) mass is 958 g/mol. The molecule has 0 saturated heterocycles. The van der Waals surface area contributed by atoms with Crippen molar-refractivity contribution in [2.75, 3.05) is 0 Å². The van der Waals surface area contributed by atoms with Gasteiger partial charge in [0.25, 0.3) is 30.4 Å². The average Bonchev–Trinajstić information content (AvgIpc) is 3.98. The van der Waals surface area contributed by atoms with E-state index >= 15 is 0 Å². The molecule has 0 radical (unpaired) electrons. The van der Waals surface area contributed by atoms with Crippen LogP contribution >= 0.6 is 45.3 Å². The van der Waals surface area contributed by atoms with Crippen LogP contribution in [0.5, 0.6) is 0 Å². The van der Waals surface area contributed by atoms with Crippen molar-refractivity contribution in [3.63, 3.8) is 0 Å². The van der Waals surface area contributed by atoms with E-state index in [1.807, 2.05) is 0 Å². The standard InChI is InChI=1S/C36H22N4O12S8/c41-57(42,43)17-11-29(53-14-17)34-22-3-1-20(37-22)33(28-9-10-32(56-28)60(50,51)52)21-2-4-23(38-21)35(30-12-18(15-54-30)58(44,45)46)25-6-8-27(40-25)36(26-7-5-24(34)39-26)31-13-19(16-55-31)59(47,48)49/h1-16,37,40H,(H,41,42,43)(H,44,45,46)(H,47,48,49)(H,50,51,52). The van der Waals surface area contributed by atoms with Gasteiger partial charge in [0, 0.05) is 80.0 Å². The molecule has 2 aliphatic rings. The summed E-state index contributed by atoms with van der Waals surface area (Å²) in [7, 11) is -18.4. The van der Waals surface area contributed by atoms with Gasteiger partial charge in [-0.1, -0.05) is 0 Å². The summed E-state index contributed by atoms with van der Waals surface area (Å²) in [5.74, 6) is 0. The molecular weight excluding hydrogens is 937 g/mol. The molecule has 0 spiro atoms. The Balaban J connectivity index is 1.46. The number of hydrogen-bond acceptors (Lipinski definition) is 14. The van der Waals surface area contributed by atoms with Gasteiger partial charge >= 0.3 is 10.1 Å². The van der Waals surface area contributed by atoms with E-state index in [4.69, 9.17) is 9.97 Å². The first-order chi connectivity index (χ1) is 28.2. The van der Waals surface area contributed by atoms with Gasteiger partial charge in [0.05, 0.1) is 22.8 Å². The zero-order valence-corrected chi connectivity index (χ0v) is 36.0. The predicted octanol–water partition coefficient (Wildman–Crippen LogP) is 8.56. The fourth-order valence-electron chi connectivity index (χ4n) is 6.59. The summed E-state index contributed by atoms with van der Waals surface area (Å²) in [5, 5.41) is 3.79. The normalized spacial score (nSPS) is 13.4. The molecule has 24 heteroatoms. The zero-order valence-electron chi connectivity index (χ0n) is 29.5. The summed E-state index contributed by atoms with van der Waals surface area (Å²) >= 11 is 3.81. The highest BCUT2D eigenvalue weighted by Crippen LogP contribution is 2.43. The van der Waals surface area contributed by atoms with Crippen molar-refractivity contribution in [2.45, 2.75) is 18.9 Å². The van der Waals surface area contributed by atoms with E-state index in [1.165, 1.54) is 46.5 Å². The van der Waals surface area contributed by atoms with Gasteiger partial charge in [-0.25, -0.2) is 9.97 Å². The Kier molecular flexibility index (Phi) is 9.65. The van der Waals surface area contributed by atoms with E-state index in [-0.39, 0.29) is 18.9 Å². The molecule has 9 heterocycles. The van der Waals surface area contributed by atoms with Crippen LogP contribution in [0.2, 0.25) is 0 Å². The number of aromatic amines is 2.